The van der Waals surface area contributed by atoms with Crippen LogP contribution < -0.4 is 14.5 Å². The van der Waals surface area contributed by atoms with E-state index in [1.807, 2.05) is 28.5 Å². The van der Waals surface area contributed by atoms with Gasteiger partial charge < -0.3 is 14.7 Å². The Morgan fingerprint density at radius 1 is 0.950 bits per heavy atom. The average molecular weight is 566 g/mol. The molecule has 3 aliphatic rings. The number of fused-ring (bicyclic) bond motifs is 1. The van der Waals surface area contributed by atoms with Crippen LogP contribution in [0.4, 0.5) is 17.3 Å². The van der Waals surface area contributed by atoms with Crippen LogP contribution in [0.1, 0.15) is 73.1 Å². The molecule has 0 radical (unpaired) electrons. The molecule has 3 fully saturated rings. The van der Waals surface area contributed by atoms with E-state index in [0.29, 0.717) is 17.8 Å². The van der Waals surface area contributed by atoms with Gasteiger partial charge in [-0.2, -0.15) is 9.61 Å². The Morgan fingerprint density at radius 2 is 1.73 bits per heavy atom. The zero-order chi connectivity index (χ0) is 28.0. The molecule has 1 atom stereocenters. The number of piperidine rings is 2. The number of anilines is 3. The summed E-state index contributed by atoms with van der Waals surface area (Å²) in [6.07, 6.45) is 7.28. The maximum Gasteiger partial charge on any atom is 0.256 e. The number of nitrogens with one attached hydrogen (secondary N) is 1. The fraction of sp³-hybridized carbons (Fsp3) is 0.552. The second-order valence-electron chi connectivity index (χ2n) is 11.8. The number of carbonyl (C=O) groups is 1. The second-order valence-corrected chi connectivity index (χ2v) is 13.5. The third-order valence-electron chi connectivity index (χ3n) is 8.51. The van der Waals surface area contributed by atoms with Crippen molar-refractivity contribution in [3.63, 3.8) is 0 Å². The number of hydrogen-bond acceptors (Lipinski definition) is 7. The highest BCUT2D eigenvalue weighted by Crippen LogP contribution is 2.35. The van der Waals surface area contributed by atoms with Crippen molar-refractivity contribution in [1.29, 1.82) is 0 Å². The van der Waals surface area contributed by atoms with Gasteiger partial charge in [0, 0.05) is 44.9 Å². The van der Waals surface area contributed by atoms with Crippen LogP contribution >= 0.6 is 0 Å². The molecule has 1 amide bonds. The van der Waals surface area contributed by atoms with Crippen LogP contribution in [0.5, 0.6) is 0 Å². The molecule has 5 heterocycles. The van der Waals surface area contributed by atoms with E-state index in [0.717, 1.165) is 99.0 Å². The van der Waals surface area contributed by atoms with Gasteiger partial charge in [0.05, 0.1) is 29.2 Å². The highest BCUT2D eigenvalue weighted by Gasteiger charge is 2.33. The van der Waals surface area contributed by atoms with Crippen molar-refractivity contribution < 1.29 is 13.2 Å². The summed E-state index contributed by atoms with van der Waals surface area (Å²) in [5, 5.41) is 5.09. The van der Waals surface area contributed by atoms with Crippen molar-refractivity contribution in [3.05, 3.63) is 47.2 Å². The van der Waals surface area contributed by atoms with Gasteiger partial charge in [0.15, 0.2) is 5.65 Å². The molecular weight excluding hydrogens is 526 g/mol. The predicted octanol–water partition coefficient (Wildman–Crippen LogP) is 4.22. The summed E-state index contributed by atoms with van der Waals surface area (Å²) >= 11 is 0. The first-order valence-corrected chi connectivity index (χ1v) is 16.4. The maximum absolute atomic E-state index is 14.0. The third-order valence-corrected chi connectivity index (χ3v) is 9.10. The zero-order valence-electron chi connectivity index (χ0n) is 23.6. The molecular formula is C29H39N7O3S. The van der Waals surface area contributed by atoms with Gasteiger partial charge in [0.25, 0.3) is 5.91 Å². The minimum absolute atomic E-state index is 0.184. The number of likely N-dealkylation sites (tertiary alicyclic amines) is 1. The lowest BCUT2D eigenvalue weighted by molar-refractivity contribution is 0.0606. The first-order chi connectivity index (χ1) is 19.2. The summed E-state index contributed by atoms with van der Waals surface area (Å²) in [4.78, 5) is 25.6. The lowest BCUT2D eigenvalue weighted by atomic mass is 9.97. The highest BCUT2D eigenvalue weighted by atomic mass is 32.2. The molecule has 0 spiro atoms. The largest absolute Gasteiger partial charge is 0.356 e. The quantitative estimate of drug-likeness (QED) is 0.477. The van der Waals surface area contributed by atoms with Gasteiger partial charge in [-0.25, -0.2) is 13.4 Å². The van der Waals surface area contributed by atoms with Crippen LogP contribution in [-0.2, 0) is 10.0 Å². The number of rotatable bonds is 6. The minimum Gasteiger partial charge on any atom is -0.356 e. The molecule has 11 heteroatoms. The maximum atomic E-state index is 14.0. The number of nitrogens with zero attached hydrogens (tertiary/aromatic N) is 6. The Kier molecular flexibility index (Phi) is 7.10. The molecule has 0 bridgehead atoms. The molecule has 1 unspecified atom stereocenters. The van der Waals surface area contributed by atoms with E-state index in [-0.39, 0.29) is 11.9 Å². The van der Waals surface area contributed by atoms with Gasteiger partial charge in [-0.3, -0.25) is 9.52 Å². The van der Waals surface area contributed by atoms with E-state index in [2.05, 4.69) is 27.5 Å². The summed E-state index contributed by atoms with van der Waals surface area (Å²) in [6.45, 7) is 8.83. The molecule has 6 rings (SSSR count). The lowest BCUT2D eigenvalue weighted by Gasteiger charge is -2.35. The van der Waals surface area contributed by atoms with E-state index >= 15 is 0 Å². The Bertz CT molecular complexity index is 1520. The number of benzene rings is 1. The topological polar surface area (TPSA) is 103 Å². The molecule has 3 aliphatic heterocycles. The van der Waals surface area contributed by atoms with Gasteiger partial charge in [-0.05, 0) is 63.5 Å². The van der Waals surface area contributed by atoms with Crippen molar-refractivity contribution in [2.75, 3.05) is 53.5 Å². The molecule has 0 saturated carbocycles. The number of aromatic nitrogens is 3. The Labute approximate surface area is 236 Å². The number of sulfonamides is 1. The second kappa shape index (κ2) is 10.6. The molecule has 3 aromatic rings. The standard InChI is InChI=1S/C29H39N7O3S/c1-20-10-15-34(16-11-20)28-19-26(33-12-6-13-33)30-27-18-24(31-36(27)28)25-7-4-5-14-35(25)29(37)22-17-21(2)8-9-23(22)32-40(3,38)39/h8-9,17-20,25,32H,4-7,10-16H2,1-3H3. The molecule has 40 heavy (non-hydrogen) atoms. The number of hydrogen-bond donors (Lipinski definition) is 1. The number of amides is 1. The third kappa shape index (κ3) is 5.35. The molecule has 3 saturated heterocycles. The van der Waals surface area contributed by atoms with Crippen molar-refractivity contribution in [2.45, 2.75) is 58.4 Å². The van der Waals surface area contributed by atoms with E-state index in [1.54, 1.807) is 12.1 Å². The Hall–Kier alpha value is -3.34. The van der Waals surface area contributed by atoms with Crippen LogP contribution in [0.2, 0.25) is 0 Å². The first kappa shape index (κ1) is 26.9. The monoisotopic (exact) mass is 565 g/mol. The van der Waals surface area contributed by atoms with Gasteiger partial charge in [-0.1, -0.05) is 18.6 Å². The highest BCUT2D eigenvalue weighted by molar-refractivity contribution is 7.92. The van der Waals surface area contributed by atoms with Crippen LogP contribution in [0.3, 0.4) is 0 Å². The van der Waals surface area contributed by atoms with E-state index in [9.17, 15) is 13.2 Å². The summed E-state index contributed by atoms with van der Waals surface area (Å²) in [6, 6.07) is 9.25. The van der Waals surface area contributed by atoms with Crippen molar-refractivity contribution >= 4 is 38.9 Å². The first-order valence-electron chi connectivity index (χ1n) is 14.5. The molecule has 0 aliphatic carbocycles. The van der Waals surface area contributed by atoms with Crippen LogP contribution in [0, 0.1) is 12.8 Å². The molecule has 1 N–H and O–H groups in total. The van der Waals surface area contributed by atoms with E-state index in [4.69, 9.17) is 10.1 Å². The number of carbonyl (C=O) groups excluding carboxylic acids is 1. The van der Waals surface area contributed by atoms with Gasteiger partial charge in [-0.15, -0.1) is 0 Å². The fourth-order valence-corrected chi connectivity index (χ4v) is 6.63. The van der Waals surface area contributed by atoms with E-state index in [1.165, 1.54) is 6.42 Å². The van der Waals surface area contributed by atoms with Crippen LogP contribution in [-0.4, -0.2) is 72.8 Å². The summed E-state index contributed by atoms with van der Waals surface area (Å²) < 4.78 is 28.6. The predicted molar refractivity (Wildman–Crippen MR) is 158 cm³/mol. The van der Waals surface area contributed by atoms with Gasteiger partial charge in [0.2, 0.25) is 10.0 Å². The summed E-state index contributed by atoms with van der Waals surface area (Å²) in [7, 11) is -3.54. The fourth-order valence-electron chi connectivity index (χ4n) is 6.06. The lowest BCUT2D eigenvalue weighted by Crippen LogP contribution is -2.39. The molecule has 10 nitrogen and oxygen atoms in total. The minimum atomic E-state index is -3.54. The van der Waals surface area contributed by atoms with E-state index < -0.39 is 10.0 Å². The molecule has 2 aromatic heterocycles. The number of aryl methyl sites for hydroxylation is 1. The van der Waals surface area contributed by atoms with Crippen molar-refractivity contribution in [2.24, 2.45) is 5.92 Å². The Morgan fingerprint density at radius 3 is 2.42 bits per heavy atom. The normalized spacial score (nSPS) is 20.6. The van der Waals surface area contributed by atoms with Crippen molar-refractivity contribution in [3.8, 4) is 0 Å². The molecule has 214 valence electrons. The zero-order valence-corrected chi connectivity index (χ0v) is 24.5. The SMILES string of the molecule is Cc1ccc(NS(C)(=O)=O)c(C(=O)N2CCCCC2c2cc3nc(N4CCC4)cc(N4CCC(C)CC4)n3n2)c1. The van der Waals surface area contributed by atoms with Gasteiger partial charge >= 0.3 is 0 Å². The summed E-state index contributed by atoms with van der Waals surface area (Å²) in [5.41, 5.74) is 3.20. The summed E-state index contributed by atoms with van der Waals surface area (Å²) in [5.74, 6) is 2.60. The Balaban J connectivity index is 1.38. The molecule has 1 aromatic carbocycles. The van der Waals surface area contributed by atoms with Gasteiger partial charge in [0.1, 0.15) is 11.6 Å². The van der Waals surface area contributed by atoms with Crippen LogP contribution in [0.15, 0.2) is 30.3 Å². The average Bonchev–Trinajstić information content (AvgIpc) is 3.32. The smallest absolute Gasteiger partial charge is 0.256 e. The van der Waals surface area contributed by atoms with Crippen LogP contribution in [0.25, 0.3) is 5.65 Å². The van der Waals surface area contributed by atoms with Crippen molar-refractivity contribution in [1.82, 2.24) is 19.5 Å².